The monoisotopic (exact) mass is 190 g/mol. The Morgan fingerprint density at radius 1 is 1.36 bits per heavy atom. The van der Waals surface area contributed by atoms with Crippen molar-refractivity contribution in [1.29, 1.82) is 0 Å². The molecule has 0 unspecified atom stereocenters. The van der Waals surface area contributed by atoms with Crippen LogP contribution < -0.4 is 0 Å². The van der Waals surface area contributed by atoms with E-state index in [9.17, 15) is 9.59 Å². The standard InChI is InChI=1S/C11H10O3/c1-6-4-9-7(2-3-10(9)12)5-8(6)11(13)14/h4-5H,2-3H2,1H3,(H,13,14). The number of carboxylic acids is 1. The van der Waals surface area contributed by atoms with Crippen LogP contribution in [0.5, 0.6) is 0 Å². The van der Waals surface area contributed by atoms with Gasteiger partial charge in [-0.3, -0.25) is 4.79 Å². The third-order valence-electron chi connectivity index (χ3n) is 2.60. The molecular weight excluding hydrogens is 180 g/mol. The zero-order valence-corrected chi connectivity index (χ0v) is 7.83. The third-order valence-corrected chi connectivity index (χ3v) is 2.60. The Bertz CT molecular complexity index is 432. The van der Waals surface area contributed by atoms with Crippen LogP contribution in [0.15, 0.2) is 12.1 Å². The summed E-state index contributed by atoms with van der Waals surface area (Å²) in [7, 11) is 0. The van der Waals surface area contributed by atoms with Gasteiger partial charge in [-0.05, 0) is 36.6 Å². The summed E-state index contributed by atoms with van der Waals surface area (Å²) in [5, 5.41) is 8.88. The Morgan fingerprint density at radius 2 is 2.07 bits per heavy atom. The van der Waals surface area contributed by atoms with E-state index >= 15 is 0 Å². The summed E-state index contributed by atoms with van der Waals surface area (Å²) in [6.45, 7) is 1.72. The predicted molar refractivity (Wildman–Crippen MR) is 50.8 cm³/mol. The molecule has 1 N–H and O–H groups in total. The Balaban J connectivity index is 2.61. The maximum Gasteiger partial charge on any atom is 0.335 e. The van der Waals surface area contributed by atoms with E-state index in [0.29, 0.717) is 29.5 Å². The number of carbonyl (C=O) groups is 2. The highest BCUT2D eigenvalue weighted by Crippen LogP contribution is 2.25. The van der Waals surface area contributed by atoms with E-state index in [1.54, 1.807) is 19.1 Å². The van der Waals surface area contributed by atoms with Gasteiger partial charge in [-0.15, -0.1) is 0 Å². The van der Waals surface area contributed by atoms with Gasteiger partial charge in [0.25, 0.3) is 0 Å². The highest BCUT2D eigenvalue weighted by Gasteiger charge is 2.22. The Kier molecular flexibility index (Phi) is 1.88. The van der Waals surface area contributed by atoms with E-state index in [4.69, 9.17) is 5.11 Å². The second-order valence-electron chi connectivity index (χ2n) is 3.55. The van der Waals surface area contributed by atoms with Crippen LogP contribution in [0.2, 0.25) is 0 Å². The van der Waals surface area contributed by atoms with Crippen molar-refractivity contribution in [3.05, 3.63) is 34.4 Å². The fraction of sp³-hybridized carbons (Fsp3) is 0.273. The predicted octanol–water partition coefficient (Wildman–Crippen LogP) is 1.82. The SMILES string of the molecule is Cc1cc2c(cc1C(=O)O)CCC2=O. The molecule has 72 valence electrons. The van der Waals surface area contributed by atoms with Crippen molar-refractivity contribution >= 4 is 11.8 Å². The van der Waals surface area contributed by atoms with E-state index in [-0.39, 0.29) is 5.78 Å². The van der Waals surface area contributed by atoms with Gasteiger partial charge in [0.2, 0.25) is 0 Å². The number of carboxylic acid groups (broad SMARTS) is 1. The molecule has 3 nitrogen and oxygen atoms in total. The molecule has 0 amide bonds. The number of hydrogen-bond acceptors (Lipinski definition) is 2. The van der Waals surface area contributed by atoms with Crippen LogP contribution in [-0.2, 0) is 6.42 Å². The minimum atomic E-state index is -0.926. The summed E-state index contributed by atoms with van der Waals surface area (Å²) in [5.41, 5.74) is 2.54. The lowest BCUT2D eigenvalue weighted by Gasteiger charge is -2.04. The summed E-state index contributed by atoms with van der Waals surface area (Å²) in [6.07, 6.45) is 1.19. The van der Waals surface area contributed by atoms with Crippen molar-refractivity contribution in [1.82, 2.24) is 0 Å². The number of rotatable bonds is 1. The first-order chi connectivity index (χ1) is 6.59. The highest BCUT2D eigenvalue weighted by atomic mass is 16.4. The normalized spacial score (nSPS) is 14.2. The maximum absolute atomic E-state index is 11.4. The summed E-state index contributed by atoms with van der Waals surface area (Å²) >= 11 is 0. The van der Waals surface area contributed by atoms with Gasteiger partial charge in [0.1, 0.15) is 0 Å². The summed E-state index contributed by atoms with van der Waals surface area (Å²) in [5.74, 6) is -0.801. The number of ketones is 1. The lowest BCUT2D eigenvalue weighted by atomic mass is 10.0. The number of aryl methyl sites for hydroxylation is 2. The number of carbonyl (C=O) groups excluding carboxylic acids is 1. The molecule has 0 saturated carbocycles. The van der Waals surface area contributed by atoms with E-state index in [2.05, 4.69) is 0 Å². The molecule has 2 rings (SSSR count). The smallest absolute Gasteiger partial charge is 0.335 e. The number of fused-ring (bicyclic) bond motifs is 1. The number of Topliss-reactive ketones (excluding diaryl/α,β-unsaturated/α-hetero) is 1. The van der Waals surface area contributed by atoms with Gasteiger partial charge >= 0.3 is 5.97 Å². The number of benzene rings is 1. The molecule has 0 radical (unpaired) electrons. The van der Waals surface area contributed by atoms with E-state index in [1.807, 2.05) is 0 Å². The van der Waals surface area contributed by atoms with Gasteiger partial charge in [-0.25, -0.2) is 4.79 Å². The van der Waals surface area contributed by atoms with Crippen molar-refractivity contribution in [2.24, 2.45) is 0 Å². The number of hydrogen-bond donors (Lipinski definition) is 1. The molecule has 1 aromatic carbocycles. The summed E-state index contributed by atoms with van der Waals surface area (Å²) in [6, 6.07) is 3.31. The first-order valence-corrected chi connectivity index (χ1v) is 4.49. The van der Waals surface area contributed by atoms with Crippen LogP contribution in [0.4, 0.5) is 0 Å². The molecule has 0 atom stereocenters. The Morgan fingerprint density at radius 3 is 2.71 bits per heavy atom. The maximum atomic E-state index is 11.4. The fourth-order valence-corrected chi connectivity index (χ4v) is 1.83. The molecule has 3 heteroatoms. The quantitative estimate of drug-likeness (QED) is 0.734. The van der Waals surface area contributed by atoms with Gasteiger partial charge < -0.3 is 5.11 Å². The molecule has 0 saturated heterocycles. The van der Waals surface area contributed by atoms with Gasteiger partial charge in [-0.1, -0.05) is 0 Å². The van der Waals surface area contributed by atoms with E-state index in [0.717, 1.165) is 5.56 Å². The zero-order valence-electron chi connectivity index (χ0n) is 7.83. The van der Waals surface area contributed by atoms with Crippen LogP contribution in [0, 0.1) is 6.92 Å². The number of aromatic carboxylic acids is 1. The second kappa shape index (κ2) is 2.94. The van der Waals surface area contributed by atoms with Gasteiger partial charge in [0.15, 0.2) is 5.78 Å². The van der Waals surface area contributed by atoms with Gasteiger partial charge in [0.05, 0.1) is 5.56 Å². The first kappa shape index (κ1) is 8.94. The molecule has 0 spiro atoms. The van der Waals surface area contributed by atoms with Crippen molar-refractivity contribution in [2.45, 2.75) is 19.8 Å². The largest absolute Gasteiger partial charge is 0.478 e. The molecule has 14 heavy (non-hydrogen) atoms. The molecule has 1 aliphatic carbocycles. The van der Waals surface area contributed by atoms with Crippen LogP contribution in [-0.4, -0.2) is 16.9 Å². The van der Waals surface area contributed by atoms with Gasteiger partial charge in [0, 0.05) is 12.0 Å². The molecule has 0 heterocycles. The fourth-order valence-electron chi connectivity index (χ4n) is 1.83. The Labute approximate surface area is 81.4 Å². The summed E-state index contributed by atoms with van der Waals surface area (Å²) < 4.78 is 0. The molecule has 0 aliphatic heterocycles. The molecule has 0 bridgehead atoms. The lowest BCUT2D eigenvalue weighted by molar-refractivity contribution is 0.0695. The lowest BCUT2D eigenvalue weighted by Crippen LogP contribution is -2.02. The van der Waals surface area contributed by atoms with Gasteiger partial charge in [-0.2, -0.15) is 0 Å². The molecule has 0 fully saturated rings. The van der Waals surface area contributed by atoms with Crippen LogP contribution in [0.1, 0.15) is 38.3 Å². The van der Waals surface area contributed by atoms with Crippen LogP contribution in [0.3, 0.4) is 0 Å². The van der Waals surface area contributed by atoms with Crippen molar-refractivity contribution in [3.63, 3.8) is 0 Å². The molecular formula is C11H10O3. The van der Waals surface area contributed by atoms with Crippen LogP contribution >= 0.6 is 0 Å². The zero-order chi connectivity index (χ0) is 10.3. The molecule has 1 aliphatic rings. The Hall–Kier alpha value is -1.64. The molecule has 0 aromatic heterocycles. The average Bonchev–Trinajstić information content (AvgIpc) is 2.46. The van der Waals surface area contributed by atoms with E-state index in [1.165, 1.54) is 0 Å². The average molecular weight is 190 g/mol. The minimum Gasteiger partial charge on any atom is -0.478 e. The minimum absolute atomic E-state index is 0.125. The van der Waals surface area contributed by atoms with Crippen LogP contribution in [0.25, 0.3) is 0 Å². The third kappa shape index (κ3) is 1.21. The van der Waals surface area contributed by atoms with Crippen molar-refractivity contribution < 1.29 is 14.7 Å². The highest BCUT2D eigenvalue weighted by molar-refractivity contribution is 6.02. The first-order valence-electron chi connectivity index (χ1n) is 4.49. The van der Waals surface area contributed by atoms with E-state index < -0.39 is 5.97 Å². The topological polar surface area (TPSA) is 54.4 Å². The second-order valence-corrected chi connectivity index (χ2v) is 3.55. The van der Waals surface area contributed by atoms with Crippen molar-refractivity contribution in [3.8, 4) is 0 Å². The van der Waals surface area contributed by atoms with Crippen molar-refractivity contribution in [2.75, 3.05) is 0 Å². The molecule has 1 aromatic rings. The summed E-state index contributed by atoms with van der Waals surface area (Å²) in [4.78, 5) is 22.2.